The van der Waals surface area contributed by atoms with Crippen LogP contribution in [0.25, 0.3) is 0 Å². The number of amidine groups is 1. The van der Waals surface area contributed by atoms with Gasteiger partial charge in [-0.25, -0.2) is 4.99 Å². The molecule has 1 fully saturated rings. The van der Waals surface area contributed by atoms with Gasteiger partial charge in [0.05, 0.1) is 24.8 Å². The van der Waals surface area contributed by atoms with Crippen LogP contribution < -0.4 is 5.73 Å². The van der Waals surface area contributed by atoms with Gasteiger partial charge in [-0.05, 0) is 18.2 Å². The molecular weight excluding hydrogens is 307 g/mol. The van der Waals surface area contributed by atoms with Crippen molar-refractivity contribution in [3.63, 3.8) is 0 Å². The van der Waals surface area contributed by atoms with E-state index < -0.39 is 0 Å². The third kappa shape index (κ3) is 3.42. The van der Waals surface area contributed by atoms with Crippen LogP contribution in [-0.2, 0) is 9.47 Å². The summed E-state index contributed by atoms with van der Waals surface area (Å²) in [6.45, 7) is 1.22. The lowest BCUT2D eigenvalue weighted by Crippen LogP contribution is -2.12. The number of rotatable bonds is 3. The van der Waals surface area contributed by atoms with Gasteiger partial charge in [0.25, 0.3) is 0 Å². The normalized spacial score (nSPS) is 17.6. The van der Waals surface area contributed by atoms with Gasteiger partial charge in [0.2, 0.25) is 0 Å². The molecule has 92 valence electrons. The maximum Gasteiger partial charge on any atom is 0.184 e. The van der Waals surface area contributed by atoms with Crippen molar-refractivity contribution in [2.24, 2.45) is 10.7 Å². The van der Waals surface area contributed by atoms with E-state index in [4.69, 9.17) is 26.8 Å². The summed E-state index contributed by atoms with van der Waals surface area (Å²) < 4.78 is 11.8. The first-order chi connectivity index (χ1) is 8.19. The molecule has 4 nitrogen and oxygen atoms in total. The summed E-state index contributed by atoms with van der Waals surface area (Å²) in [5, 5.41) is 0. The first-order valence-electron chi connectivity index (χ1n) is 5.12. The zero-order valence-electron chi connectivity index (χ0n) is 9.03. The van der Waals surface area contributed by atoms with Gasteiger partial charge in [0.15, 0.2) is 6.29 Å². The predicted octanol–water partition coefficient (Wildman–Crippen LogP) is 2.72. The van der Waals surface area contributed by atoms with Gasteiger partial charge in [0, 0.05) is 10.0 Å². The monoisotopic (exact) mass is 318 g/mol. The first-order valence-corrected chi connectivity index (χ1v) is 6.44. The van der Waals surface area contributed by atoms with Gasteiger partial charge in [-0.1, -0.05) is 15.9 Å². The third-order valence-electron chi connectivity index (χ3n) is 2.21. The Bertz CT molecular complexity index is 433. The zero-order chi connectivity index (χ0) is 12.3. The number of alkyl halides is 1. The average Bonchev–Trinajstić information content (AvgIpc) is 2.81. The van der Waals surface area contributed by atoms with Crippen molar-refractivity contribution in [2.45, 2.75) is 6.29 Å². The standard InChI is InChI=1S/C11H12BrClN2O2/c12-8-3-7(11-16-1-2-17-11)4-9(5-8)15-10(14)6-13/h3-5,11H,1-2,6H2,(H2,14,15). The number of ether oxygens (including phenoxy) is 2. The largest absolute Gasteiger partial charge is 0.386 e. The van der Waals surface area contributed by atoms with Crippen molar-refractivity contribution >= 4 is 39.1 Å². The van der Waals surface area contributed by atoms with E-state index in [0.717, 1.165) is 15.7 Å². The topological polar surface area (TPSA) is 56.8 Å². The fourth-order valence-electron chi connectivity index (χ4n) is 1.54. The van der Waals surface area contributed by atoms with Crippen molar-refractivity contribution in [2.75, 3.05) is 19.1 Å². The molecule has 1 saturated heterocycles. The van der Waals surface area contributed by atoms with Gasteiger partial charge < -0.3 is 15.2 Å². The molecule has 1 aliphatic heterocycles. The van der Waals surface area contributed by atoms with E-state index in [1.807, 2.05) is 18.2 Å². The minimum atomic E-state index is -0.321. The maximum atomic E-state index is 5.60. The predicted molar refractivity (Wildman–Crippen MR) is 70.8 cm³/mol. The van der Waals surface area contributed by atoms with Crippen LogP contribution in [0.2, 0.25) is 0 Å². The highest BCUT2D eigenvalue weighted by Gasteiger charge is 2.19. The van der Waals surface area contributed by atoms with E-state index in [1.54, 1.807) is 0 Å². The van der Waals surface area contributed by atoms with Crippen molar-refractivity contribution < 1.29 is 9.47 Å². The highest BCUT2D eigenvalue weighted by atomic mass is 79.9. The smallest absolute Gasteiger partial charge is 0.184 e. The molecule has 0 spiro atoms. The molecule has 0 aromatic heterocycles. The number of aliphatic imine (C=N–C) groups is 1. The average molecular weight is 320 g/mol. The Morgan fingerprint density at radius 2 is 2.12 bits per heavy atom. The lowest BCUT2D eigenvalue weighted by atomic mass is 10.2. The summed E-state index contributed by atoms with van der Waals surface area (Å²) in [6.07, 6.45) is -0.321. The molecule has 2 N–H and O–H groups in total. The Morgan fingerprint density at radius 3 is 2.76 bits per heavy atom. The molecule has 0 amide bonds. The minimum Gasteiger partial charge on any atom is -0.386 e. The van der Waals surface area contributed by atoms with Gasteiger partial charge in [-0.2, -0.15) is 0 Å². The number of hydrogen-bond donors (Lipinski definition) is 1. The van der Waals surface area contributed by atoms with E-state index >= 15 is 0 Å². The summed E-state index contributed by atoms with van der Waals surface area (Å²) in [4.78, 5) is 4.19. The highest BCUT2D eigenvalue weighted by molar-refractivity contribution is 9.10. The van der Waals surface area contributed by atoms with Crippen molar-refractivity contribution in [3.05, 3.63) is 28.2 Å². The van der Waals surface area contributed by atoms with Gasteiger partial charge in [-0.15, -0.1) is 11.6 Å². The molecule has 1 aromatic rings. The van der Waals surface area contributed by atoms with Crippen LogP contribution >= 0.6 is 27.5 Å². The van der Waals surface area contributed by atoms with Crippen LogP contribution in [0, 0.1) is 0 Å². The van der Waals surface area contributed by atoms with E-state index in [1.165, 1.54) is 0 Å². The van der Waals surface area contributed by atoms with Crippen LogP contribution in [-0.4, -0.2) is 24.9 Å². The van der Waals surface area contributed by atoms with E-state index in [2.05, 4.69) is 20.9 Å². The molecule has 1 aliphatic rings. The Hall–Kier alpha value is -0.620. The van der Waals surface area contributed by atoms with Crippen molar-refractivity contribution in [1.29, 1.82) is 0 Å². The van der Waals surface area contributed by atoms with Crippen molar-refractivity contribution in [3.8, 4) is 0 Å². The Balaban J connectivity index is 2.28. The molecular formula is C11H12BrClN2O2. The van der Waals surface area contributed by atoms with E-state index in [9.17, 15) is 0 Å². The van der Waals surface area contributed by atoms with Crippen LogP contribution in [0.15, 0.2) is 27.7 Å². The second-order valence-electron chi connectivity index (χ2n) is 3.55. The Labute approximate surface area is 113 Å². The van der Waals surface area contributed by atoms with Crippen LogP contribution in [0.3, 0.4) is 0 Å². The van der Waals surface area contributed by atoms with Crippen LogP contribution in [0.4, 0.5) is 5.69 Å². The van der Waals surface area contributed by atoms with Gasteiger partial charge in [0.1, 0.15) is 5.84 Å². The number of nitrogens with zero attached hydrogens (tertiary/aromatic N) is 1. The highest BCUT2D eigenvalue weighted by Crippen LogP contribution is 2.30. The molecule has 1 aromatic carbocycles. The van der Waals surface area contributed by atoms with E-state index in [-0.39, 0.29) is 12.2 Å². The lowest BCUT2D eigenvalue weighted by molar-refractivity contribution is -0.0441. The molecule has 2 rings (SSSR count). The second kappa shape index (κ2) is 5.82. The summed E-state index contributed by atoms with van der Waals surface area (Å²) in [5.74, 6) is 0.585. The molecule has 0 radical (unpaired) electrons. The molecule has 0 aliphatic carbocycles. The summed E-state index contributed by atoms with van der Waals surface area (Å²) in [7, 11) is 0. The Morgan fingerprint density at radius 1 is 1.41 bits per heavy atom. The fourth-order valence-corrected chi connectivity index (χ4v) is 2.10. The second-order valence-corrected chi connectivity index (χ2v) is 4.74. The minimum absolute atomic E-state index is 0.207. The zero-order valence-corrected chi connectivity index (χ0v) is 11.4. The lowest BCUT2D eigenvalue weighted by Gasteiger charge is -2.10. The number of halogens is 2. The van der Waals surface area contributed by atoms with E-state index in [0.29, 0.717) is 19.0 Å². The van der Waals surface area contributed by atoms with Crippen LogP contribution in [0.5, 0.6) is 0 Å². The molecule has 0 atom stereocenters. The first kappa shape index (κ1) is 12.8. The number of benzene rings is 1. The summed E-state index contributed by atoms with van der Waals surface area (Å²) in [6, 6.07) is 5.67. The molecule has 0 bridgehead atoms. The quantitative estimate of drug-likeness (QED) is 0.529. The van der Waals surface area contributed by atoms with Gasteiger partial charge in [-0.3, -0.25) is 0 Å². The molecule has 0 saturated carbocycles. The fraction of sp³-hybridized carbons (Fsp3) is 0.364. The van der Waals surface area contributed by atoms with Crippen LogP contribution in [0.1, 0.15) is 11.9 Å². The van der Waals surface area contributed by atoms with Crippen molar-refractivity contribution in [1.82, 2.24) is 0 Å². The number of nitrogens with two attached hydrogens (primary N) is 1. The third-order valence-corrected chi connectivity index (χ3v) is 2.94. The summed E-state index contributed by atoms with van der Waals surface area (Å²) >= 11 is 9.01. The molecule has 6 heteroatoms. The SMILES string of the molecule is NC(CCl)=Nc1cc(Br)cc(C2OCCO2)c1. The molecule has 1 heterocycles. The number of hydrogen-bond acceptors (Lipinski definition) is 3. The Kier molecular flexibility index (Phi) is 4.39. The summed E-state index contributed by atoms with van der Waals surface area (Å²) in [5.41, 5.74) is 7.24. The van der Waals surface area contributed by atoms with Gasteiger partial charge >= 0.3 is 0 Å². The molecule has 0 unspecified atom stereocenters. The maximum absolute atomic E-state index is 5.60. The molecule has 17 heavy (non-hydrogen) atoms.